The SMILES string of the molecule is CC[C@H]1C[C@@H]2CN3CCc4c([nH]c5ccc(O)cc45)[C@](C(=O)[O-])(C2)C13.[Li+]. The van der Waals surface area contributed by atoms with Gasteiger partial charge < -0.3 is 20.0 Å². The van der Waals surface area contributed by atoms with Crippen LogP contribution in [-0.4, -0.2) is 40.1 Å². The number of piperidine rings is 2. The standard InChI is InChI=1S/C20H24N2O3.Li/c1-2-12-7-11-9-20(19(24)25)17-14(5-6-22(10-11)18(12)20)15-8-13(23)3-4-16(15)21-17;/h3-4,8,11-12,18,21,23H,2,5-7,9-10H2,1H3,(H,24,25);/q;+1/p-1/t11-,12-,18?,20+;/m0./s1. The van der Waals surface area contributed by atoms with Gasteiger partial charge in [-0.05, 0) is 54.9 Å². The average molecular weight is 346 g/mol. The predicted octanol–water partition coefficient (Wildman–Crippen LogP) is -1.46. The van der Waals surface area contributed by atoms with Gasteiger partial charge in [0.05, 0.1) is 11.4 Å². The Hall–Kier alpha value is -1.41. The number of aromatic hydroxyl groups is 1. The van der Waals surface area contributed by atoms with Crippen molar-refractivity contribution in [2.75, 3.05) is 13.1 Å². The first-order valence-electron chi connectivity index (χ1n) is 9.34. The van der Waals surface area contributed by atoms with Gasteiger partial charge in [0.1, 0.15) is 5.75 Å². The van der Waals surface area contributed by atoms with Gasteiger partial charge in [-0.25, -0.2) is 0 Å². The summed E-state index contributed by atoms with van der Waals surface area (Å²) in [7, 11) is 0. The fourth-order valence-corrected chi connectivity index (χ4v) is 6.12. The second-order valence-corrected chi connectivity index (χ2v) is 8.13. The van der Waals surface area contributed by atoms with Crippen molar-refractivity contribution in [3.8, 4) is 5.75 Å². The monoisotopic (exact) mass is 346 g/mol. The van der Waals surface area contributed by atoms with Crippen LogP contribution in [0.2, 0.25) is 0 Å². The Labute approximate surface area is 164 Å². The number of nitrogens with zero attached hydrogens (tertiary/aromatic N) is 1. The molecule has 1 aliphatic carbocycles. The summed E-state index contributed by atoms with van der Waals surface area (Å²) in [5.74, 6) is 0.0938. The normalized spacial score (nSPS) is 34.8. The molecule has 2 N–H and O–H groups in total. The number of hydrogen-bond acceptors (Lipinski definition) is 4. The van der Waals surface area contributed by atoms with Gasteiger partial charge in [0.25, 0.3) is 0 Å². The van der Waals surface area contributed by atoms with E-state index in [-0.39, 0.29) is 30.7 Å². The van der Waals surface area contributed by atoms with E-state index in [1.165, 1.54) is 0 Å². The number of hydrogen-bond donors (Lipinski definition) is 2. The molecule has 2 unspecified atom stereocenters. The maximum atomic E-state index is 12.6. The molecule has 1 aromatic heterocycles. The van der Waals surface area contributed by atoms with Crippen LogP contribution in [0.5, 0.6) is 5.75 Å². The number of H-pyrrole nitrogens is 1. The summed E-state index contributed by atoms with van der Waals surface area (Å²) in [5.41, 5.74) is 1.84. The number of carboxylic acid groups (broad SMARTS) is 1. The van der Waals surface area contributed by atoms with Gasteiger partial charge in [0.2, 0.25) is 0 Å². The molecule has 3 fully saturated rings. The van der Waals surface area contributed by atoms with Crippen molar-refractivity contribution in [2.24, 2.45) is 11.8 Å². The summed E-state index contributed by atoms with van der Waals surface area (Å²) in [6.45, 7) is 4.05. The van der Waals surface area contributed by atoms with Gasteiger partial charge in [0.15, 0.2) is 0 Å². The van der Waals surface area contributed by atoms with Crippen molar-refractivity contribution >= 4 is 16.9 Å². The second-order valence-electron chi connectivity index (χ2n) is 8.13. The Balaban J connectivity index is 0.00000168. The number of carbonyl (C=O) groups is 1. The zero-order chi connectivity index (χ0) is 17.3. The molecule has 4 bridgehead atoms. The Bertz CT molecular complexity index is 879. The maximum absolute atomic E-state index is 12.6. The molecule has 0 amide bonds. The van der Waals surface area contributed by atoms with Crippen LogP contribution in [0.3, 0.4) is 0 Å². The first kappa shape index (κ1) is 18.0. The van der Waals surface area contributed by atoms with Gasteiger partial charge in [-0.1, -0.05) is 13.3 Å². The Morgan fingerprint density at radius 2 is 2.27 bits per heavy atom. The zero-order valence-electron chi connectivity index (χ0n) is 15.4. The fraction of sp³-hybridized carbons (Fsp3) is 0.550. The van der Waals surface area contributed by atoms with Gasteiger partial charge in [-0.3, -0.25) is 4.90 Å². The number of rotatable bonds is 2. The number of nitrogens with one attached hydrogen (secondary N) is 1. The number of carbonyl (C=O) groups excluding carboxylic acids is 1. The van der Waals surface area contributed by atoms with E-state index in [1.54, 1.807) is 12.1 Å². The number of aliphatic carboxylic acids is 1. The van der Waals surface area contributed by atoms with Crippen molar-refractivity contribution < 1.29 is 33.9 Å². The summed E-state index contributed by atoms with van der Waals surface area (Å²) >= 11 is 0. The first-order chi connectivity index (χ1) is 12.0. The molecule has 5 atom stereocenters. The Morgan fingerprint density at radius 1 is 1.46 bits per heavy atom. The fourth-order valence-electron chi connectivity index (χ4n) is 6.12. The maximum Gasteiger partial charge on any atom is 1.00 e. The van der Waals surface area contributed by atoms with Crippen LogP contribution < -0.4 is 24.0 Å². The number of fused-ring (bicyclic) bond motifs is 4. The Kier molecular flexibility index (Phi) is 4.18. The minimum absolute atomic E-state index is 0. The van der Waals surface area contributed by atoms with Crippen molar-refractivity contribution in [1.29, 1.82) is 0 Å². The number of carboxylic acids is 1. The zero-order valence-corrected chi connectivity index (χ0v) is 15.4. The number of phenolic OH excluding ortho intramolecular Hbond substituents is 1. The third-order valence-electron chi connectivity index (χ3n) is 6.96. The molecule has 5 nitrogen and oxygen atoms in total. The van der Waals surface area contributed by atoms with Gasteiger partial charge in [-0.15, -0.1) is 0 Å². The molecule has 6 heteroatoms. The third kappa shape index (κ3) is 2.17. The first-order valence-corrected chi connectivity index (χ1v) is 9.34. The van der Waals surface area contributed by atoms with E-state index < -0.39 is 11.4 Å². The molecule has 26 heavy (non-hydrogen) atoms. The van der Waals surface area contributed by atoms with Crippen molar-refractivity contribution in [3.05, 3.63) is 29.5 Å². The predicted molar refractivity (Wildman–Crippen MR) is 92.2 cm³/mol. The average Bonchev–Trinajstić information content (AvgIpc) is 2.92. The van der Waals surface area contributed by atoms with E-state index in [9.17, 15) is 15.0 Å². The van der Waals surface area contributed by atoms with E-state index in [0.717, 1.165) is 54.5 Å². The summed E-state index contributed by atoms with van der Waals surface area (Å²) in [6.07, 6.45) is 3.61. The molecule has 3 aliphatic heterocycles. The molecule has 4 aliphatic rings. The summed E-state index contributed by atoms with van der Waals surface area (Å²) < 4.78 is 0. The summed E-state index contributed by atoms with van der Waals surface area (Å²) in [4.78, 5) is 18.4. The summed E-state index contributed by atoms with van der Waals surface area (Å²) in [6, 6.07) is 5.26. The van der Waals surface area contributed by atoms with E-state index >= 15 is 0 Å². The van der Waals surface area contributed by atoms with Gasteiger partial charge in [-0.2, -0.15) is 0 Å². The molecule has 2 saturated heterocycles. The van der Waals surface area contributed by atoms with Crippen molar-refractivity contribution in [1.82, 2.24) is 9.88 Å². The van der Waals surface area contributed by atoms with Crippen LogP contribution in [0.4, 0.5) is 0 Å². The smallest absolute Gasteiger partial charge is 0.549 e. The van der Waals surface area contributed by atoms with Crippen molar-refractivity contribution in [3.63, 3.8) is 0 Å². The van der Waals surface area contributed by atoms with Crippen molar-refractivity contribution in [2.45, 2.75) is 44.1 Å². The molecular formula is C20H23LiN2O3. The van der Waals surface area contributed by atoms with E-state index in [4.69, 9.17) is 0 Å². The molecule has 132 valence electrons. The molecule has 0 spiro atoms. The third-order valence-corrected chi connectivity index (χ3v) is 6.96. The van der Waals surface area contributed by atoms with Crippen LogP contribution in [0.1, 0.15) is 37.4 Å². The van der Waals surface area contributed by atoms with Crippen LogP contribution in [0.15, 0.2) is 18.2 Å². The van der Waals surface area contributed by atoms with Gasteiger partial charge in [0, 0.05) is 35.7 Å². The minimum atomic E-state index is -0.956. The van der Waals surface area contributed by atoms with Crippen LogP contribution in [-0.2, 0) is 16.6 Å². The molecule has 6 rings (SSSR count). The number of benzene rings is 1. The van der Waals surface area contributed by atoms with E-state index in [1.807, 2.05) is 6.07 Å². The largest absolute Gasteiger partial charge is 1.00 e. The van der Waals surface area contributed by atoms with Crippen LogP contribution in [0.25, 0.3) is 10.9 Å². The Morgan fingerprint density at radius 3 is 3.00 bits per heavy atom. The topological polar surface area (TPSA) is 79.4 Å². The minimum Gasteiger partial charge on any atom is -0.549 e. The molecular weight excluding hydrogens is 323 g/mol. The number of phenols is 1. The summed E-state index contributed by atoms with van der Waals surface area (Å²) in [5, 5.41) is 23.5. The molecule has 4 heterocycles. The van der Waals surface area contributed by atoms with Crippen LogP contribution >= 0.6 is 0 Å². The number of aromatic nitrogens is 1. The quantitative estimate of drug-likeness (QED) is 0.652. The van der Waals surface area contributed by atoms with E-state index in [0.29, 0.717) is 18.3 Å². The molecule has 2 aromatic rings. The van der Waals surface area contributed by atoms with E-state index in [2.05, 4.69) is 16.8 Å². The second kappa shape index (κ2) is 6.05. The molecule has 1 saturated carbocycles. The van der Waals surface area contributed by atoms with Crippen LogP contribution in [0, 0.1) is 11.8 Å². The molecule has 1 aromatic carbocycles. The number of aromatic amines is 1. The van der Waals surface area contributed by atoms with Gasteiger partial charge >= 0.3 is 18.9 Å². The molecule has 0 radical (unpaired) electrons.